The summed E-state index contributed by atoms with van der Waals surface area (Å²) in [4.78, 5) is 2.39. The fourth-order valence-electron chi connectivity index (χ4n) is 2.89. The first-order valence-corrected chi connectivity index (χ1v) is 7.23. The Balaban J connectivity index is 1.93. The van der Waals surface area contributed by atoms with Crippen molar-refractivity contribution in [3.8, 4) is 0 Å². The second-order valence-corrected chi connectivity index (χ2v) is 5.76. The third kappa shape index (κ3) is 3.49. The van der Waals surface area contributed by atoms with E-state index in [2.05, 4.69) is 36.2 Å². The van der Waals surface area contributed by atoms with Crippen LogP contribution in [0.2, 0.25) is 0 Å². The Morgan fingerprint density at radius 1 is 1.17 bits per heavy atom. The van der Waals surface area contributed by atoms with Crippen LogP contribution in [-0.2, 0) is 0 Å². The molecule has 100 valence electrons. The first-order chi connectivity index (χ1) is 8.66. The zero-order chi connectivity index (χ0) is 13.0. The van der Waals surface area contributed by atoms with Crippen molar-refractivity contribution in [3.63, 3.8) is 0 Å². The molecule has 0 radical (unpaired) electrons. The highest BCUT2D eigenvalue weighted by atomic mass is 15.1. The lowest BCUT2D eigenvalue weighted by Gasteiger charge is -2.28. The van der Waals surface area contributed by atoms with Crippen molar-refractivity contribution < 1.29 is 0 Å². The van der Waals surface area contributed by atoms with Gasteiger partial charge in [-0.15, -0.1) is 0 Å². The van der Waals surface area contributed by atoms with E-state index >= 15 is 0 Å². The average molecular weight is 246 g/mol. The van der Waals surface area contributed by atoms with Crippen LogP contribution in [0.3, 0.4) is 0 Å². The van der Waals surface area contributed by atoms with Crippen molar-refractivity contribution >= 4 is 5.69 Å². The number of hydrogen-bond acceptors (Lipinski definition) is 2. The lowest BCUT2D eigenvalue weighted by molar-refractivity contribution is 0.362. The minimum atomic E-state index is 0.128. The second kappa shape index (κ2) is 6.24. The molecule has 0 saturated heterocycles. The highest BCUT2D eigenvalue weighted by Crippen LogP contribution is 2.26. The molecule has 1 aromatic carbocycles. The van der Waals surface area contributed by atoms with Gasteiger partial charge in [-0.2, -0.15) is 0 Å². The predicted octanol–water partition coefficient (Wildman–Crippen LogP) is 3.72. The van der Waals surface area contributed by atoms with E-state index in [0.29, 0.717) is 0 Å². The molecule has 0 unspecified atom stereocenters. The van der Waals surface area contributed by atoms with Crippen molar-refractivity contribution in [2.45, 2.75) is 45.1 Å². The van der Waals surface area contributed by atoms with Gasteiger partial charge in [0.15, 0.2) is 0 Å². The molecule has 2 rings (SSSR count). The maximum atomic E-state index is 5.88. The zero-order valence-electron chi connectivity index (χ0n) is 11.7. The van der Waals surface area contributed by atoms with Crippen LogP contribution in [0.25, 0.3) is 0 Å². The van der Waals surface area contributed by atoms with Crippen LogP contribution in [-0.4, -0.2) is 13.6 Å². The molecule has 1 aromatic rings. The lowest BCUT2D eigenvalue weighted by atomic mass is 9.89. The summed E-state index contributed by atoms with van der Waals surface area (Å²) in [7, 11) is 2.20. The fraction of sp³-hybridized carbons (Fsp3) is 0.625. The van der Waals surface area contributed by atoms with E-state index in [4.69, 9.17) is 5.73 Å². The Morgan fingerprint density at radius 3 is 2.33 bits per heavy atom. The van der Waals surface area contributed by atoms with Gasteiger partial charge < -0.3 is 10.6 Å². The Labute approximate surface area is 111 Å². The zero-order valence-corrected chi connectivity index (χ0v) is 11.7. The summed E-state index contributed by atoms with van der Waals surface area (Å²) in [5.74, 6) is 0.886. The van der Waals surface area contributed by atoms with Gasteiger partial charge in [0.05, 0.1) is 0 Å². The van der Waals surface area contributed by atoms with Crippen molar-refractivity contribution in [2.75, 3.05) is 18.5 Å². The predicted molar refractivity (Wildman–Crippen MR) is 78.9 cm³/mol. The van der Waals surface area contributed by atoms with Crippen LogP contribution in [0.4, 0.5) is 5.69 Å². The van der Waals surface area contributed by atoms with Gasteiger partial charge in [-0.05, 0) is 43.4 Å². The molecule has 1 atom stereocenters. The number of nitrogens with two attached hydrogens (primary N) is 1. The largest absolute Gasteiger partial charge is 0.374 e. The van der Waals surface area contributed by atoms with Crippen LogP contribution in [0.15, 0.2) is 24.3 Å². The van der Waals surface area contributed by atoms with E-state index in [0.717, 1.165) is 5.92 Å². The Morgan fingerprint density at radius 2 is 1.78 bits per heavy atom. The second-order valence-electron chi connectivity index (χ2n) is 5.76. The smallest absolute Gasteiger partial charge is 0.0363 e. The molecular weight excluding hydrogens is 220 g/mol. The molecule has 2 N–H and O–H groups in total. The summed E-state index contributed by atoms with van der Waals surface area (Å²) >= 11 is 0. The van der Waals surface area contributed by atoms with Crippen LogP contribution in [0.1, 0.15) is 50.6 Å². The summed E-state index contributed by atoms with van der Waals surface area (Å²) in [6.07, 6.45) is 7.08. The summed E-state index contributed by atoms with van der Waals surface area (Å²) in [5.41, 5.74) is 8.40. The van der Waals surface area contributed by atoms with Crippen molar-refractivity contribution in [1.29, 1.82) is 0 Å². The van der Waals surface area contributed by atoms with Gasteiger partial charge in [0.25, 0.3) is 0 Å². The molecule has 0 amide bonds. The van der Waals surface area contributed by atoms with Crippen molar-refractivity contribution in [3.05, 3.63) is 29.8 Å². The average Bonchev–Trinajstić information content (AvgIpc) is 2.40. The molecule has 0 heterocycles. The summed E-state index contributed by atoms with van der Waals surface area (Å²) in [6, 6.07) is 8.82. The van der Waals surface area contributed by atoms with E-state index < -0.39 is 0 Å². The quantitative estimate of drug-likeness (QED) is 0.877. The number of rotatable bonds is 4. The molecule has 0 aliphatic heterocycles. The highest BCUT2D eigenvalue weighted by Gasteiger charge is 2.15. The minimum Gasteiger partial charge on any atom is -0.374 e. The highest BCUT2D eigenvalue weighted by molar-refractivity contribution is 5.47. The first kappa shape index (κ1) is 13.4. The lowest BCUT2D eigenvalue weighted by Crippen LogP contribution is -2.26. The number of hydrogen-bond donors (Lipinski definition) is 1. The van der Waals surface area contributed by atoms with E-state index in [1.165, 1.54) is 49.9 Å². The van der Waals surface area contributed by atoms with Gasteiger partial charge in [-0.3, -0.25) is 0 Å². The summed E-state index contributed by atoms with van der Waals surface area (Å²) < 4.78 is 0. The Hall–Kier alpha value is -1.02. The normalized spacial score (nSPS) is 18.6. The van der Waals surface area contributed by atoms with Gasteiger partial charge >= 0.3 is 0 Å². The van der Waals surface area contributed by atoms with Crippen LogP contribution in [0, 0.1) is 5.92 Å². The van der Waals surface area contributed by atoms with Crippen LogP contribution in [0.5, 0.6) is 0 Å². The molecule has 1 aliphatic rings. The third-order valence-electron chi connectivity index (χ3n) is 4.12. The number of anilines is 1. The maximum absolute atomic E-state index is 5.88. The summed E-state index contributed by atoms with van der Waals surface area (Å²) in [5, 5.41) is 0. The molecule has 18 heavy (non-hydrogen) atoms. The summed E-state index contributed by atoms with van der Waals surface area (Å²) in [6.45, 7) is 3.22. The molecule has 1 fully saturated rings. The molecule has 0 bridgehead atoms. The van der Waals surface area contributed by atoms with Gasteiger partial charge in [-0.1, -0.05) is 31.4 Å². The number of benzene rings is 1. The Kier molecular flexibility index (Phi) is 4.65. The Bertz CT molecular complexity index is 350. The van der Waals surface area contributed by atoms with E-state index in [9.17, 15) is 0 Å². The van der Waals surface area contributed by atoms with Gasteiger partial charge in [-0.25, -0.2) is 0 Å². The molecule has 0 aromatic heterocycles. The molecule has 1 aliphatic carbocycles. The first-order valence-electron chi connectivity index (χ1n) is 7.23. The van der Waals surface area contributed by atoms with E-state index in [-0.39, 0.29) is 6.04 Å². The SMILES string of the molecule is C[C@H](N)c1ccc(N(C)CC2CCCCC2)cc1. The van der Waals surface area contributed by atoms with Crippen molar-refractivity contribution in [1.82, 2.24) is 0 Å². The molecule has 0 spiro atoms. The van der Waals surface area contributed by atoms with Crippen LogP contribution < -0.4 is 10.6 Å². The molecule has 2 heteroatoms. The fourth-order valence-corrected chi connectivity index (χ4v) is 2.89. The third-order valence-corrected chi connectivity index (χ3v) is 4.12. The standard InChI is InChI=1S/C16H26N2/c1-13(17)15-8-10-16(11-9-15)18(2)12-14-6-4-3-5-7-14/h8-11,13-14H,3-7,12,17H2,1-2H3/t13-/m0/s1. The molecular formula is C16H26N2. The molecule has 2 nitrogen and oxygen atoms in total. The maximum Gasteiger partial charge on any atom is 0.0363 e. The van der Waals surface area contributed by atoms with Crippen molar-refractivity contribution in [2.24, 2.45) is 11.7 Å². The molecule has 1 saturated carbocycles. The van der Waals surface area contributed by atoms with Gasteiger partial charge in [0.2, 0.25) is 0 Å². The van der Waals surface area contributed by atoms with E-state index in [1.54, 1.807) is 0 Å². The monoisotopic (exact) mass is 246 g/mol. The topological polar surface area (TPSA) is 29.3 Å². The van der Waals surface area contributed by atoms with Gasteiger partial charge in [0, 0.05) is 25.3 Å². The number of nitrogens with zero attached hydrogens (tertiary/aromatic N) is 1. The minimum absolute atomic E-state index is 0.128. The van der Waals surface area contributed by atoms with E-state index in [1.807, 2.05) is 6.92 Å². The van der Waals surface area contributed by atoms with Gasteiger partial charge in [0.1, 0.15) is 0 Å². The van der Waals surface area contributed by atoms with Crippen LogP contribution >= 0.6 is 0 Å².